The first-order valence-corrected chi connectivity index (χ1v) is 9.91. The van der Waals surface area contributed by atoms with Crippen LogP contribution in [0.4, 0.5) is 0 Å². The Kier molecular flexibility index (Phi) is 10.4. The largest absolute Gasteiger partial charge is 0.0991 e. The van der Waals surface area contributed by atoms with Gasteiger partial charge in [-0.1, -0.05) is 125 Å². The van der Waals surface area contributed by atoms with E-state index in [4.69, 9.17) is 0 Å². The summed E-state index contributed by atoms with van der Waals surface area (Å²) in [4.78, 5) is 0. The van der Waals surface area contributed by atoms with Crippen molar-refractivity contribution in [2.45, 2.75) is 13.8 Å². The Morgan fingerprint density at radius 2 is 1.13 bits per heavy atom. The lowest BCUT2D eigenvalue weighted by molar-refractivity contribution is 1.44. The molecule has 0 aliphatic rings. The van der Waals surface area contributed by atoms with Crippen LogP contribution in [0.3, 0.4) is 0 Å². The van der Waals surface area contributed by atoms with Gasteiger partial charge in [-0.25, -0.2) is 0 Å². The standard InChI is InChI=1S/C30H32/c1-9-17-22-28-26(16-8)29(23(14-6)18-10-2)27(21-13-5)25(15-7)30(28)24(19-11-3)20-12-4/h9-22H,1-3,6-8H2,4-5H3/b20-12-,21-13-,22-17-,23-18+,24-19+. The average Bonchev–Trinajstić information content (AvgIpc) is 2.75. The van der Waals surface area contributed by atoms with Crippen LogP contribution in [-0.4, -0.2) is 0 Å². The molecule has 0 N–H and O–H groups in total. The topological polar surface area (TPSA) is 0 Å². The van der Waals surface area contributed by atoms with Crippen LogP contribution in [0.2, 0.25) is 0 Å². The van der Waals surface area contributed by atoms with Crippen LogP contribution in [0.15, 0.2) is 100 Å². The number of rotatable bonds is 11. The Hall–Kier alpha value is -3.64. The average molecular weight is 393 g/mol. The zero-order valence-corrected chi connectivity index (χ0v) is 18.3. The maximum Gasteiger partial charge on any atom is -0.00267 e. The molecule has 0 bridgehead atoms. The Morgan fingerprint density at radius 3 is 1.57 bits per heavy atom. The Bertz CT molecular complexity index is 995. The Labute approximate surface area is 183 Å². The highest BCUT2D eigenvalue weighted by Gasteiger charge is 2.21. The normalized spacial score (nSPS) is 12.5. The van der Waals surface area contributed by atoms with Crippen molar-refractivity contribution in [1.82, 2.24) is 0 Å². The third kappa shape index (κ3) is 5.24. The molecule has 0 heteroatoms. The molecule has 1 aromatic rings. The SMILES string of the molecule is C=C/C=C\c1c(C=C)c(/C(C=C)=C/C=C)c(/C=C\C)c(C=C)c1C(/C=C\C)=C/C=C. The summed E-state index contributed by atoms with van der Waals surface area (Å²) in [5.41, 5.74) is 8.24. The van der Waals surface area contributed by atoms with Crippen molar-refractivity contribution in [2.75, 3.05) is 0 Å². The smallest absolute Gasteiger partial charge is 0.00267 e. The van der Waals surface area contributed by atoms with Gasteiger partial charge in [-0.3, -0.25) is 0 Å². The van der Waals surface area contributed by atoms with E-state index in [-0.39, 0.29) is 0 Å². The fraction of sp³-hybridized carbons (Fsp3) is 0.0667. The number of benzene rings is 1. The van der Waals surface area contributed by atoms with Gasteiger partial charge in [-0.2, -0.15) is 0 Å². The molecule has 1 aromatic carbocycles. The highest BCUT2D eigenvalue weighted by Crippen LogP contribution is 2.40. The summed E-state index contributed by atoms with van der Waals surface area (Å²) < 4.78 is 0. The summed E-state index contributed by atoms with van der Waals surface area (Å²) >= 11 is 0. The van der Waals surface area contributed by atoms with Crippen molar-refractivity contribution in [3.05, 3.63) is 134 Å². The Morgan fingerprint density at radius 1 is 0.600 bits per heavy atom. The lowest BCUT2D eigenvalue weighted by atomic mass is 9.80. The van der Waals surface area contributed by atoms with Gasteiger partial charge in [0.25, 0.3) is 0 Å². The van der Waals surface area contributed by atoms with Crippen LogP contribution < -0.4 is 0 Å². The first-order chi connectivity index (χ1) is 14.6. The van der Waals surface area contributed by atoms with E-state index < -0.39 is 0 Å². The van der Waals surface area contributed by atoms with E-state index in [9.17, 15) is 0 Å². The molecule has 0 heterocycles. The van der Waals surface area contributed by atoms with Gasteiger partial charge in [-0.05, 0) is 58.4 Å². The molecular formula is C30H32. The number of hydrogen-bond donors (Lipinski definition) is 0. The van der Waals surface area contributed by atoms with Crippen molar-refractivity contribution in [2.24, 2.45) is 0 Å². The van der Waals surface area contributed by atoms with E-state index in [1.807, 2.05) is 62.5 Å². The highest BCUT2D eigenvalue weighted by molar-refractivity contribution is 5.98. The second-order valence-corrected chi connectivity index (χ2v) is 6.33. The molecule has 0 spiro atoms. The van der Waals surface area contributed by atoms with Gasteiger partial charge in [0.2, 0.25) is 0 Å². The molecular weight excluding hydrogens is 360 g/mol. The predicted molar refractivity (Wildman–Crippen MR) is 142 cm³/mol. The molecule has 0 aromatic heterocycles. The minimum absolute atomic E-state index is 0.969. The zero-order valence-electron chi connectivity index (χ0n) is 18.3. The molecule has 152 valence electrons. The van der Waals surface area contributed by atoms with E-state index in [1.165, 1.54) is 0 Å². The van der Waals surface area contributed by atoms with E-state index in [2.05, 4.69) is 57.7 Å². The van der Waals surface area contributed by atoms with Gasteiger partial charge in [-0.15, -0.1) is 0 Å². The van der Waals surface area contributed by atoms with E-state index >= 15 is 0 Å². The maximum atomic E-state index is 4.14. The van der Waals surface area contributed by atoms with Crippen molar-refractivity contribution in [1.29, 1.82) is 0 Å². The minimum atomic E-state index is 0.969. The van der Waals surface area contributed by atoms with Crippen LogP contribution in [0, 0.1) is 0 Å². The highest BCUT2D eigenvalue weighted by atomic mass is 14.2. The molecule has 0 saturated carbocycles. The van der Waals surface area contributed by atoms with Gasteiger partial charge in [0, 0.05) is 0 Å². The lowest BCUT2D eigenvalue weighted by Crippen LogP contribution is -2.05. The first kappa shape index (κ1) is 24.4. The van der Waals surface area contributed by atoms with E-state index in [0.29, 0.717) is 0 Å². The van der Waals surface area contributed by atoms with Gasteiger partial charge in [0.15, 0.2) is 0 Å². The second kappa shape index (κ2) is 12.7. The van der Waals surface area contributed by atoms with Crippen molar-refractivity contribution in [3.8, 4) is 0 Å². The molecule has 0 amide bonds. The summed E-state index contributed by atoms with van der Waals surface area (Å²) in [6.07, 6.45) is 27.2. The van der Waals surface area contributed by atoms with E-state index in [0.717, 1.165) is 44.5 Å². The monoisotopic (exact) mass is 392 g/mol. The lowest BCUT2D eigenvalue weighted by Gasteiger charge is -2.23. The van der Waals surface area contributed by atoms with Crippen LogP contribution in [-0.2, 0) is 0 Å². The van der Waals surface area contributed by atoms with Gasteiger partial charge < -0.3 is 0 Å². The van der Waals surface area contributed by atoms with Gasteiger partial charge in [0.05, 0.1) is 0 Å². The summed E-state index contributed by atoms with van der Waals surface area (Å²) in [5, 5.41) is 0. The van der Waals surface area contributed by atoms with Crippen molar-refractivity contribution in [3.63, 3.8) is 0 Å². The number of hydrogen-bond acceptors (Lipinski definition) is 0. The summed E-state index contributed by atoms with van der Waals surface area (Å²) in [6, 6.07) is 0. The van der Waals surface area contributed by atoms with Crippen LogP contribution in [0.1, 0.15) is 47.2 Å². The van der Waals surface area contributed by atoms with Gasteiger partial charge >= 0.3 is 0 Å². The molecule has 30 heavy (non-hydrogen) atoms. The fourth-order valence-electron chi connectivity index (χ4n) is 3.46. The van der Waals surface area contributed by atoms with Gasteiger partial charge in [0.1, 0.15) is 0 Å². The summed E-state index contributed by atoms with van der Waals surface area (Å²) in [6.45, 7) is 27.9. The molecule has 0 radical (unpaired) electrons. The van der Waals surface area contributed by atoms with E-state index in [1.54, 1.807) is 18.2 Å². The first-order valence-electron chi connectivity index (χ1n) is 9.91. The quantitative estimate of drug-likeness (QED) is 0.329. The van der Waals surface area contributed by atoms with Crippen molar-refractivity contribution >= 4 is 35.5 Å². The fourth-order valence-corrected chi connectivity index (χ4v) is 3.46. The molecule has 0 aliphatic heterocycles. The third-order valence-corrected chi connectivity index (χ3v) is 4.54. The molecule has 0 unspecified atom stereocenters. The summed E-state index contributed by atoms with van der Waals surface area (Å²) in [5.74, 6) is 0. The zero-order chi connectivity index (χ0) is 22.5. The molecule has 0 fully saturated rings. The summed E-state index contributed by atoms with van der Waals surface area (Å²) in [7, 11) is 0. The number of allylic oxidation sites excluding steroid dienone is 12. The minimum Gasteiger partial charge on any atom is -0.0991 e. The molecule has 0 aliphatic carbocycles. The van der Waals surface area contributed by atoms with Crippen LogP contribution >= 0.6 is 0 Å². The second-order valence-electron chi connectivity index (χ2n) is 6.33. The van der Waals surface area contributed by atoms with Crippen molar-refractivity contribution < 1.29 is 0 Å². The van der Waals surface area contributed by atoms with Crippen LogP contribution in [0.25, 0.3) is 35.5 Å². The third-order valence-electron chi connectivity index (χ3n) is 4.54. The Balaban J connectivity index is 4.52. The molecule has 1 rings (SSSR count). The maximum absolute atomic E-state index is 4.14. The van der Waals surface area contributed by atoms with Crippen LogP contribution in [0.5, 0.6) is 0 Å². The molecule has 0 saturated heterocycles. The molecule has 0 atom stereocenters. The predicted octanol–water partition coefficient (Wildman–Crippen LogP) is 9.11. The molecule has 0 nitrogen and oxygen atoms in total.